The highest BCUT2D eigenvalue weighted by molar-refractivity contribution is 5.79. The third-order valence-corrected chi connectivity index (χ3v) is 3.10. The maximum atomic E-state index is 12.7. The molecule has 1 unspecified atom stereocenters. The van der Waals surface area contributed by atoms with Crippen molar-refractivity contribution in [2.24, 2.45) is 0 Å². The number of anilines is 1. The fraction of sp³-hybridized carbons (Fsp3) is 0.417. The number of nitriles is 1. The average Bonchev–Trinajstić information content (AvgIpc) is 2.86. The van der Waals surface area contributed by atoms with Crippen molar-refractivity contribution in [1.82, 2.24) is 4.98 Å². The van der Waals surface area contributed by atoms with E-state index >= 15 is 0 Å². The van der Waals surface area contributed by atoms with Gasteiger partial charge in [0.05, 0.1) is 5.56 Å². The molecule has 2 rings (SSSR count). The third-order valence-electron chi connectivity index (χ3n) is 3.10. The van der Waals surface area contributed by atoms with Crippen LogP contribution in [0.3, 0.4) is 0 Å². The predicted octanol–water partition coefficient (Wildman–Crippen LogP) is 2.03. The summed E-state index contributed by atoms with van der Waals surface area (Å²) in [6.45, 7) is 0.264. The van der Waals surface area contributed by atoms with Crippen molar-refractivity contribution < 1.29 is 23.1 Å². The van der Waals surface area contributed by atoms with Crippen molar-refractivity contribution in [3.8, 4) is 6.07 Å². The highest BCUT2D eigenvalue weighted by Crippen LogP contribution is 2.32. The number of carbonyl (C=O) groups is 1. The Morgan fingerprint density at radius 3 is 2.75 bits per heavy atom. The largest absolute Gasteiger partial charge is 0.480 e. The molecule has 0 aliphatic carbocycles. The van der Waals surface area contributed by atoms with Crippen molar-refractivity contribution in [2.45, 2.75) is 25.1 Å². The van der Waals surface area contributed by atoms with Gasteiger partial charge in [0.25, 0.3) is 0 Å². The lowest BCUT2D eigenvalue weighted by Gasteiger charge is -2.24. The summed E-state index contributed by atoms with van der Waals surface area (Å²) in [7, 11) is 0. The maximum absolute atomic E-state index is 12.7. The molecule has 0 bridgehead atoms. The molecule has 0 radical (unpaired) electrons. The number of hydrogen-bond donors (Lipinski definition) is 1. The van der Waals surface area contributed by atoms with Gasteiger partial charge in [0.15, 0.2) is 0 Å². The molecule has 1 aromatic heterocycles. The van der Waals surface area contributed by atoms with Crippen LogP contribution in [0.5, 0.6) is 0 Å². The molecular formula is C12H10F3N3O2. The van der Waals surface area contributed by atoms with E-state index in [-0.39, 0.29) is 17.9 Å². The molecule has 1 saturated heterocycles. The highest BCUT2D eigenvalue weighted by atomic mass is 19.4. The van der Waals surface area contributed by atoms with E-state index in [9.17, 15) is 18.0 Å². The number of aliphatic carboxylic acids is 1. The molecule has 1 fully saturated rings. The van der Waals surface area contributed by atoms with Gasteiger partial charge in [0.2, 0.25) is 0 Å². The van der Waals surface area contributed by atoms with E-state index in [2.05, 4.69) is 4.98 Å². The summed E-state index contributed by atoms with van der Waals surface area (Å²) in [4.78, 5) is 15.8. The second-order valence-electron chi connectivity index (χ2n) is 4.37. The van der Waals surface area contributed by atoms with E-state index in [0.717, 1.165) is 6.07 Å². The molecule has 1 N–H and O–H groups in total. The van der Waals surface area contributed by atoms with Crippen molar-refractivity contribution in [2.75, 3.05) is 11.4 Å². The fourth-order valence-corrected chi connectivity index (χ4v) is 2.19. The number of rotatable bonds is 2. The summed E-state index contributed by atoms with van der Waals surface area (Å²) in [5.74, 6) is -1.35. The Hall–Kier alpha value is -2.30. The van der Waals surface area contributed by atoms with Crippen LogP contribution in [0.2, 0.25) is 0 Å². The van der Waals surface area contributed by atoms with Gasteiger partial charge < -0.3 is 10.0 Å². The number of carboxylic acids is 1. The average molecular weight is 285 g/mol. The van der Waals surface area contributed by atoms with Crippen molar-refractivity contribution in [1.29, 1.82) is 5.26 Å². The molecule has 2 heterocycles. The number of aromatic nitrogens is 1. The quantitative estimate of drug-likeness (QED) is 0.899. The molecule has 1 aliphatic heterocycles. The maximum Gasteiger partial charge on any atom is 0.433 e. The minimum absolute atomic E-state index is 0.0637. The van der Waals surface area contributed by atoms with Crippen LogP contribution in [-0.4, -0.2) is 28.6 Å². The number of halogens is 3. The first-order valence-electron chi connectivity index (χ1n) is 5.82. The topological polar surface area (TPSA) is 77.2 Å². The minimum Gasteiger partial charge on any atom is -0.480 e. The van der Waals surface area contributed by atoms with E-state index in [1.807, 2.05) is 0 Å². The Labute approximate surface area is 112 Å². The van der Waals surface area contributed by atoms with Gasteiger partial charge in [-0.1, -0.05) is 0 Å². The van der Waals surface area contributed by atoms with Gasteiger partial charge in [0, 0.05) is 6.54 Å². The Balaban J connectivity index is 2.49. The molecule has 0 spiro atoms. The van der Waals surface area contributed by atoms with Crippen LogP contribution in [0.1, 0.15) is 24.1 Å². The lowest BCUT2D eigenvalue weighted by atomic mass is 10.2. The first kappa shape index (κ1) is 14.1. The summed E-state index contributed by atoms with van der Waals surface area (Å²) in [6.07, 6.45) is -3.79. The zero-order valence-electron chi connectivity index (χ0n) is 10.2. The fourth-order valence-electron chi connectivity index (χ4n) is 2.19. The van der Waals surface area contributed by atoms with E-state index < -0.39 is 23.9 Å². The lowest BCUT2D eigenvalue weighted by molar-refractivity contribution is -0.141. The van der Waals surface area contributed by atoms with Gasteiger partial charge in [-0.25, -0.2) is 9.78 Å². The van der Waals surface area contributed by atoms with Crippen molar-refractivity contribution in [3.63, 3.8) is 0 Å². The van der Waals surface area contributed by atoms with E-state index in [1.54, 1.807) is 6.07 Å². The monoisotopic (exact) mass is 285 g/mol. The molecule has 20 heavy (non-hydrogen) atoms. The smallest absolute Gasteiger partial charge is 0.433 e. The van der Waals surface area contributed by atoms with Gasteiger partial charge in [0.1, 0.15) is 23.6 Å². The van der Waals surface area contributed by atoms with Crippen LogP contribution < -0.4 is 4.90 Å². The molecule has 106 valence electrons. The summed E-state index contributed by atoms with van der Waals surface area (Å²) < 4.78 is 38.0. The van der Waals surface area contributed by atoms with Crippen molar-refractivity contribution in [3.05, 3.63) is 23.4 Å². The van der Waals surface area contributed by atoms with E-state index in [0.29, 0.717) is 18.9 Å². The minimum atomic E-state index is -4.64. The number of nitrogens with zero attached hydrogens (tertiary/aromatic N) is 3. The van der Waals surface area contributed by atoms with E-state index in [1.165, 1.54) is 4.90 Å². The second-order valence-corrected chi connectivity index (χ2v) is 4.37. The molecule has 1 aliphatic rings. The van der Waals surface area contributed by atoms with Crippen LogP contribution in [0.25, 0.3) is 0 Å². The van der Waals surface area contributed by atoms with Crippen LogP contribution in [0, 0.1) is 11.3 Å². The van der Waals surface area contributed by atoms with Gasteiger partial charge in [-0.3, -0.25) is 0 Å². The molecule has 5 nitrogen and oxygen atoms in total. The van der Waals surface area contributed by atoms with Gasteiger partial charge >= 0.3 is 12.1 Å². The predicted molar refractivity (Wildman–Crippen MR) is 62.0 cm³/mol. The van der Waals surface area contributed by atoms with Gasteiger partial charge in [-0.2, -0.15) is 18.4 Å². The summed E-state index contributed by atoms with van der Waals surface area (Å²) in [5, 5.41) is 18.0. The Kier molecular flexibility index (Phi) is 3.53. The molecular weight excluding hydrogens is 275 g/mol. The number of alkyl halides is 3. The molecule has 1 aromatic rings. The third kappa shape index (κ3) is 2.52. The summed E-state index contributed by atoms with van der Waals surface area (Å²) >= 11 is 0. The van der Waals surface area contributed by atoms with Crippen LogP contribution in [0.4, 0.5) is 19.0 Å². The van der Waals surface area contributed by atoms with Crippen molar-refractivity contribution >= 4 is 11.8 Å². The van der Waals surface area contributed by atoms with Gasteiger partial charge in [-0.15, -0.1) is 0 Å². The lowest BCUT2D eigenvalue weighted by Crippen LogP contribution is -2.37. The second kappa shape index (κ2) is 5.00. The zero-order chi connectivity index (χ0) is 14.9. The van der Waals surface area contributed by atoms with Crippen LogP contribution in [0.15, 0.2) is 12.1 Å². The number of pyridine rings is 1. The molecule has 8 heteroatoms. The highest BCUT2D eigenvalue weighted by Gasteiger charge is 2.37. The Morgan fingerprint density at radius 2 is 2.20 bits per heavy atom. The standard InChI is InChI=1S/C12H10F3N3O2/c13-12(14,15)9-4-3-7(6-16)10(17-9)18-5-1-2-8(18)11(19)20/h3-4,8H,1-2,5H2,(H,19,20). The van der Waals surface area contributed by atoms with E-state index in [4.69, 9.17) is 10.4 Å². The molecule has 0 amide bonds. The normalized spacial score (nSPS) is 18.9. The van der Waals surface area contributed by atoms with Crippen LogP contribution >= 0.6 is 0 Å². The summed E-state index contributed by atoms with van der Waals surface area (Å²) in [6, 6.07) is 2.53. The molecule has 0 saturated carbocycles. The first-order chi connectivity index (χ1) is 9.34. The SMILES string of the molecule is N#Cc1ccc(C(F)(F)F)nc1N1CCCC1C(=O)O. The molecule has 1 atom stereocenters. The van der Waals surface area contributed by atoms with Crippen LogP contribution in [-0.2, 0) is 11.0 Å². The zero-order valence-corrected chi connectivity index (χ0v) is 10.2. The number of carboxylic acid groups (broad SMARTS) is 1. The van der Waals surface area contributed by atoms with Gasteiger partial charge in [-0.05, 0) is 25.0 Å². The first-order valence-corrected chi connectivity index (χ1v) is 5.82. The molecule has 0 aromatic carbocycles. The summed E-state index contributed by atoms with van der Waals surface area (Å²) in [5.41, 5.74) is -1.20. The Bertz CT molecular complexity index is 580. The Morgan fingerprint density at radius 1 is 1.50 bits per heavy atom. The number of hydrogen-bond acceptors (Lipinski definition) is 4.